The van der Waals surface area contributed by atoms with E-state index >= 15 is 0 Å². The molecule has 0 aromatic carbocycles. The normalized spacial score (nSPS) is 20.2. The Kier molecular flexibility index (Phi) is 6.30. The van der Waals surface area contributed by atoms with E-state index in [-0.39, 0.29) is 11.9 Å². The Morgan fingerprint density at radius 2 is 2.12 bits per heavy atom. The number of piperidine rings is 1. The molecule has 1 amide bonds. The lowest BCUT2D eigenvalue weighted by atomic mass is 10.0. The molecule has 1 aliphatic rings. The van der Waals surface area contributed by atoms with E-state index in [0.717, 1.165) is 38.1 Å². The second-order valence-corrected chi connectivity index (χ2v) is 5.86. The third-order valence-corrected chi connectivity index (χ3v) is 4.18. The maximum absolute atomic E-state index is 12.1. The van der Waals surface area contributed by atoms with Crippen molar-refractivity contribution in [3.63, 3.8) is 0 Å². The number of thioether (sulfide) groups is 1. The van der Waals surface area contributed by atoms with E-state index in [4.69, 9.17) is 5.73 Å². The first kappa shape index (κ1) is 14.8. The van der Waals surface area contributed by atoms with Gasteiger partial charge in [0.15, 0.2) is 0 Å². The van der Waals surface area contributed by atoms with Gasteiger partial charge < -0.3 is 15.5 Å². The molecule has 0 spiro atoms. The predicted molar refractivity (Wildman–Crippen MR) is 74.3 cm³/mol. The van der Waals surface area contributed by atoms with Crippen molar-refractivity contribution in [1.29, 1.82) is 0 Å². The van der Waals surface area contributed by atoms with Crippen molar-refractivity contribution in [3.8, 4) is 0 Å². The van der Waals surface area contributed by atoms with Crippen LogP contribution in [0.4, 0.5) is 0 Å². The van der Waals surface area contributed by atoms with Crippen molar-refractivity contribution < 1.29 is 4.79 Å². The summed E-state index contributed by atoms with van der Waals surface area (Å²) in [6.07, 6.45) is 4.94. The van der Waals surface area contributed by atoms with Crippen molar-refractivity contribution in [1.82, 2.24) is 9.80 Å². The topological polar surface area (TPSA) is 49.6 Å². The first-order valence-electron chi connectivity index (χ1n) is 6.26. The van der Waals surface area contributed by atoms with Crippen molar-refractivity contribution in [3.05, 3.63) is 0 Å². The number of amides is 1. The molecule has 1 rings (SSSR count). The number of nitrogens with two attached hydrogens (primary N) is 1. The van der Waals surface area contributed by atoms with E-state index in [1.165, 1.54) is 0 Å². The van der Waals surface area contributed by atoms with E-state index in [9.17, 15) is 4.79 Å². The molecule has 0 unspecified atom stereocenters. The summed E-state index contributed by atoms with van der Waals surface area (Å²) in [7, 11) is 4.03. The molecule has 100 valence electrons. The van der Waals surface area contributed by atoms with Gasteiger partial charge in [-0.25, -0.2) is 0 Å². The number of carbonyl (C=O) groups excluding carboxylic acids is 1. The largest absolute Gasteiger partial charge is 0.341 e. The van der Waals surface area contributed by atoms with Crippen LogP contribution < -0.4 is 5.73 Å². The highest BCUT2D eigenvalue weighted by Crippen LogP contribution is 2.15. The predicted octanol–water partition coefficient (Wildman–Crippen LogP) is 0.619. The third-order valence-electron chi connectivity index (χ3n) is 3.53. The summed E-state index contributed by atoms with van der Waals surface area (Å²) in [5.74, 6) is 1.06. The lowest BCUT2D eigenvalue weighted by Gasteiger charge is -2.36. The van der Waals surface area contributed by atoms with E-state index in [1.807, 2.05) is 18.2 Å². The number of hydrogen-bond acceptors (Lipinski definition) is 4. The van der Waals surface area contributed by atoms with Crippen molar-refractivity contribution in [2.24, 2.45) is 5.73 Å². The molecule has 1 saturated heterocycles. The Balaban J connectivity index is 2.40. The van der Waals surface area contributed by atoms with Crippen LogP contribution >= 0.6 is 11.8 Å². The van der Waals surface area contributed by atoms with Crippen LogP contribution in [0.1, 0.15) is 19.3 Å². The smallest absolute Gasteiger partial charge is 0.239 e. The summed E-state index contributed by atoms with van der Waals surface area (Å²) >= 11 is 1.74. The monoisotopic (exact) mass is 259 g/mol. The van der Waals surface area contributed by atoms with Gasteiger partial charge in [0.25, 0.3) is 0 Å². The summed E-state index contributed by atoms with van der Waals surface area (Å²) in [4.78, 5) is 16.3. The number of likely N-dealkylation sites (N-methyl/N-ethyl adjacent to an activating group) is 1. The summed E-state index contributed by atoms with van der Waals surface area (Å²) in [6, 6.07) is 0.0473. The quantitative estimate of drug-likeness (QED) is 0.786. The van der Waals surface area contributed by atoms with Crippen molar-refractivity contribution in [2.45, 2.75) is 31.3 Å². The van der Waals surface area contributed by atoms with Crippen LogP contribution in [0.25, 0.3) is 0 Å². The zero-order valence-corrected chi connectivity index (χ0v) is 12.0. The van der Waals surface area contributed by atoms with Crippen LogP contribution in [0, 0.1) is 0 Å². The third kappa shape index (κ3) is 4.48. The fourth-order valence-electron chi connectivity index (χ4n) is 2.19. The zero-order chi connectivity index (χ0) is 12.8. The van der Waals surface area contributed by atoms with E-state index < -0.39 is 0 Å². The van der Waals surface area contributed by atoms with Crippen LogP contribution in [-0.4, -0.2) is 67.0 Å². The van der Waals surface area contributed by atoms with Gasteiger partial charge in [-0.1, -0.05) is 0 Å². The van der Waals surface area contributed by atoms with Crippen molar-refractivity contribution >= 4 is 17.7 Å². The lowest BCUT2D eigenvalue weighted by Crippen LogP contribution is -2.50. The Labute approximate surface area is 109 Å². The summed E-state index contributed by atoms with van der Waals surface area (Å²) in [5, 5.41) is 0. The van der Waals surface area contributed by atoms with Crippen LogP contribution in [0.15, 0.2) is 0 Å². The molecule has 0 saturated carbocycles. The van der Waals surface area contributed by atoms with Gasteiger partial charge in [-0.3, -0.25) is 4.79 Å². The Morgan fingerprint density at radius 1 is 1.53 bits per heavy atom. The van der Waals surface area contributed by atoms with Gasteiger partial charge in [-0.05, 0) is 51.4 Å². The van der Waals surface area contributed by atoms with Gasteiger partial charge in [0.2, 0.25) is 5.91 Å². The van der Waals surface area contributed by atoms with Gasteiger partial charge in [0.1, 0.15) is 0 Å². The molecular formula is C12H25N3OS. The highest BCUT2D eigenvalue weighted by Gasteiger charge is 2.26. The van der Waals surface area contributed by atoms with Gasteiger partial charge >= 0.3 is 0 Å². The second kappa shape index (κ2) is 7.24. The number of likely N-dealkylation sites (tertiary alicyclic amines) is 1. The Morgan fingerprint density at radius 3 is 2.65 bits per heavy atom. The molecule has 1 atom stereocenters. The first-order valence-corrected chi connectivity index (χ1v) is 7.65. The molecule has 1 fully saturated rings. The van der Waals surface area contributed by atoms with E-state index in [2.05, 4.69) is 11.9 Å². The molecule has 0 aromatic rings. The van der Waals surface area contributed by atoms with Crippen LogP contribution in [0.5, 0.6) is 0 Å². The van der Waals surface area contributed by atoms with Crippen LogP contribution in [-0.2, 0) is 4.79 Å². The molecule has 4 nitrogen and oxygen atoms in total. The molecule has 1 heterocycles. The minimum atomic E-state index is -0.327. The summed E-state index contributed by atoms with van der Waals surface area (Å²) in [5.41, 5.74) is 5.92. The zero-order valence-electron chi connectivity index (χ0n) is 11.2. The SMILES string of the molecule is CSCC[C@@H](N)C(=O)N(C)C1CCN(C)CC1. The number of rotatable bonds is 5. The standard InChI is InChI=1S/C12H25N3OS/c1-14-7-4-10(5-8-14)15(2)12(16)11(13)6-9-17-3/h10-11H,4-9,13H2,1-3H3/t11-/m1/s1. The molecule has 0 aromatic heterocycles. The highest BCUT2D eigenvalue weighted by atomic mass is 32.2. The molecular weight excluding hydrogens is 234 g/mol. The van der Waals surface area contributed by atoms with Crippen LogP contribution in [0.3, 0.4) is 0 Å². The maximum atomic E-state index is 12.1. The molecule has 0 radical (unpaired) electrons. The maximum Gasteiger partial charge on any atom is 0.239 e. The molecule has 2 N–H and O–H groups in total. The lowest BCUT2D eigenvalue weighted by molar-refractivity contribution is -0.134. The second-order valence-electron chi connectivity index (χ2n) is 4.87. The number of hydrogen-bond donors (Lipinski definition) is 1. The molecule has 1 aliphatic heterocycles. The fraction of sp³-hybridized carbons (Fsp3) is 0.917. The Bertz CT molecular complexity index is 242. The van der Waals surface area contributed by atoms with Crippen molar-refractivity contribution in [2.75, 3.05) is 39.2 Å². The minimum absolute atomic E-state index is 0.105. The van der Waals surface area contributed by atoms with E-state index in [1.54, 1.807) is 11.8 Å². The molecule has 0 bridgehead atoms. The summed E-state index contributed by atoms with van der Waals surface area (Å²) in [6.45, 7) is 2.14. The highest BCUT2D eigenvalue weighted by molar-refractivity contribution is 7.98. The molecule has 5 heteroatoms. The minimum Gasteiger partial charge on any atom is -0.341 e. The van der Waals surface area contributed by atoms with Gasteiger partial charge in [0, 0.05) is 13.1 Å². The van der Waals surface area contributed by atoms with Gasteiger partial charge in [-0.15, -0.1) is 0 Å². The molecule has 0 aliphatic carbocycles. The average molecular weight is 259 g/mol. The van der Waals surface area contributed by atoms with Crippen LogP contribution in [0.2, 0.25) is 0 Å². The van der Waals surface area contributed by atoms with Gasteiger partial charge in [0.05, 0.1) is 6.04 Å². The fourth-order valence-corrected chi connectivity index (χ4v) is 2.68. The summed E-state index contributed by atoms with van der Waals surface area (Å²) < 4.78 is 0. The Hall–Kier alpha value is -0.260. The number of carbonyl (C=O) groups is 1. The average Bonchev–Trinajstić information content (AvgIpc) is 2.35. The molecule has 17 heavy (non-hydrogen) atoms. The number of nitrogens with zero attached hydrogens (tertiary/aromatic N) is 2. The van der Waals surface area contributed by atoms with Gasteiger partial charge in [-0.2, -0.15) is 11.8 Å². The van der Waals surface area contributed by atoms with E-state index in [0.29, 0.717) is 6.04 Å². The first-order chi connectivity index (χ1) is 8.06.